The summed E-state index contributed by atoms with van der Waals surface area (Å²) in [6, 6.07) is 12.3. The van der Waals surface area contributed by atoms with Crippen LogP contribution >= 0.6 is 39.1 Å². The number of nitrogens with zero attached hydrogens (tertiary/aromatic N) is 1. The molecule has 12 heteroatoms. The number of nitrogens with one attached hydrogen (secondary N) is 2. The van der Waals surface area contributed by atoms with E-state index in [0.717, 1.165) is 9.37 Å². The van der Waals surface area contributed by atoms with Crippen molar-refractivity contribution in [2.24, 2.45) is 11.8 Å². The Bertz CT molecular complexity index is 1200. The summed E-state index contributed by atoms with van der Waals surface area (Å²) in [5, 5.41) is -0.812. The van der Waals surface area contributed by atoms with Crippen molar-refractivity contribution in [3.8, 4) is 0 Å². The standard InChI is InChI=1S/C24H20BrCl2N3O6/c25-14-6-4-12(5-7-14)21(32)29-28-20(31)11-36-24(35)13-2-1-3-15(8-13)30-22(33)16-9-18(26)19(27)10-17(16)23(30)34/h1-8,16-19H,9-11H2,(H,28,31)(H,29,32)/t16-,17+,18+,19-. The van der Waals surface area contributed by atoms with Crippen molar-refractivity contribution >= 4 is 74.4 Å². The van der Waals surface area contributed by atoms with Crippen LogP contribution in [0.15, 0.2) is 53.0 Å². The third kappa shape index (κ3) is 5.55. The SMILES string of the molecule is O=C(COC(=O)c1cccc(N2C(=O)[C@H]3C[C@@H](Cl)[C@@H](Cl)C[C@H]3C2=O)c1)NNC(=O)c1ccc(Br)cc1. The molecule has 1 aliphatic heterocycles. The average molecular weight is 597 g/mol. The van der Waals surface area contributed by atoms with Gasteiger partial charge in [0.2, 0.25) is 11.8 Å². The van der Waals surface area contributed by atoms with Gasteiger partial charge in [-0.3, -0.25) is 34.9 Å². The quantitative estimate of drug-likeness (QED) is 0.237. The number of benzene rings is 2. The molecule has 2 N–H and O–H groups in total. The van der Waals surface area contributed by atoms with Crippen molar-refractivity contribution in [1.82, 2.24) is 10.9 Å². The van der Waals surface area contributed by atoms with Gasteiger partial charge in [0.1, 0.15) is 0 Å². The number of esters is 1. The lowest BCUT2D eigenvalue weighted by Crippen LogP contribution is -2.43. The van der Waals surface area contributed by atoms with E-state index in [1.807, 2.05) is 0 Å². The number of hydrogen-bond acceptors (Lipinski definition) is 6. The molecule has 4 atom stereocenters. The van der Waals surface area contributed by atoms with E-state index >= 15 is 0 Å². The van der Waals surface area contributed by atoms with Crippen LogP contribution in [0, 0.1) is 11.8 Å². The van der Waals surface area contributed by atoms with E-state index in [-0.39, 0.29) is 23.1 Å². The van der Waals surface area contributed by atoms with Gasteiger partial charge < -0.3 is 4.74 Å². The smallest absolute Gasteiger partial charge is 0.338 e. The molecular weight excluding hydrogens is 577 g/mol. The fourth-order valence-corrected chi connectivity index (χ4v) is 5.03. The summed E-state index contributed by atoms with van der Waals surface area (Å²) in [6.07, 6.45) is 0.604. The zero-order chi connectivity index (χ0) is 26.0. The van der Waals surface area contributed by atoms with E-state index < -0.39 is 47.0 Å². The summed E-state index contributed by atoms with van der Waals surface area (Å²) in [4.78, 5) is 63.5. The fraction of sp³-hybridized carbons (Fsp3) is 0.292. The Labute approximate surface area is 224 Å². The van der Waals surface area contributed by atoms with E-state index in [1.165, 1.54) is 24.3 Å². The molecular formula is C24H20BrCl2N3O6. The molecule has 4 rings (SSSR count). The first-order valence-corrected chi connectivity index (χ1v) is 12.6. The molecule has 1 aliphatic carbocycles. The van der Waals surface area contributed by atoms with E-state index in [0.29, 0.717) is 18.4 Å². The summed E-state index contributed by atoms with van der Waals surface area (Å²) in [6.45, 7) is -0.663. The molecule has 188 valence electrons. The van der Waals surface area contributed by atoms with Gasteiger partial charge in [-0.05, 0) is 55.3 Å². The Kier molecular flexibility index (Phi) is 7.97. The number of ether oxygens (including phenoxy) is 1. The lowest BCUT2D eigenvalue weighted by atomic mass is 9.80. The van der Waals surface area contributed by atoms with Crippen LogP contribution in [0.4, 0.5) is 5.69 Å². The second-order valence-electron chi connectivity index (χ2n) is 8.36. The highest BCUT2D eigenvalue weighted by atomic mass is 79.9. The number of fused-ring (bicyclic) bond motifs is 1. The van der Waals surface area contributed by atoms with Crippen molar-refractivity contribution in [2.75, 3.05) is 11.5 Å². The van der Waals surface area contributed by atoms with Crippen LogP contribution in [0.25, 0.3) is 0 Å². The van der Waals surface area contributed by atoms with Gasteiger partial charge in [-0.15, -0.1) is 23.2 Å². The van der Waals surface area contributed by atoms with Crippen molar-refractivity contribution in [3.05, 3.63) is 64.1 Å². The maximum Gasteiger partial charge on any atom is 0.338 e. The van der Waals surface area contributed by atoms with Crippen LogP contribution in [-0.4, -0.2) is 47.0 Å². The molecule has 1 heterocycles. The first kappa shape index (κ1) is 26.1. The molecule has 0 unspecified atom stereocenters. The average Bonchev–Trinajstić information content (AvgIpc) is 3.10. The van der Waals surface area contributed by atoms with Crippen LogP contribution in [0.5, 0.6) is 0 Å². The van der Waals surface area contributed by atoms with Gasteiger partial charge >= 0.3 is 5.97 Å². The van der Waals surface area contributed by atoms with Gasteiger partial charge in [0.05, 0.1) is 33.8 Å². The van der Waals surface area contributed by atoms with Crippen molar-refractivity contribution in [2.45, 2.75) is 23.6 Å². The molecule has 9 nitrogen and oxygen atoms in total. The number of alkyl halides is 2. The maximum absolute atomic E-state index is 12.9. The number of hydrogen-bond donors (Lipinski definition) is 2. The molecule has 2 aromatic carbocycles. The monoisotopic (exact) mass is 595 g/mol. The molecule has 0 aromatic heterocycles. The largest absolute Gasteiger partial charge is 0.452 e. The summed E-state index contributed by atoms with van der Waals surface area (Å²) in [5.74, 6) is -4.02. The molecule has 2 aliphatic rings. The minimum absolute atomic E-state index is 0.0418. The van der Waals surface area contributed by atoms with Gasteiger partial charge in [-0.2, -0.15) is 0 Å². The number of amides is 4. The lowest BCUT2D eigenvalue weighted by Gasteiger charge is -2.28. The van der Waals surface area contributed by atoms with Gasteiger partial charge in [0.25, 0.3) is 11.8 Å². The van der Waals surface area contributed by atoms with Crippen molar-refractivity contribution < 1.29 is 28.7 Å². The molecule has 2 aromatic rings. The first-order valence-electron chi connectivity index (χ1n) is 10.9. The van der Waals surface area contributed by atoms with Crippen molar-refractivity contribution in [1.29, 1.82) is 0 Å². The molecule has 36 heavy (non-hydrogen) atoms. The zero-order valence-corrected chi connectivity index (χ0v) is 21.7. The zero-order valence-electron chi connectivity index (χ0n) is 18.6. The van der Waals surface area contributed by atoms with Gasteiger partial charge in [0, 0.05) is 10.0 Å². The second kappa shape index (κ2) is 11.0. The maximum atomic E-state index is 12.9. The molecule has 0 bridgehead atoms. The Morgan fingerprint density at radius 3 is 2.14 bits per heavy atom. The summed E-state index contributed by atoms with van der Waals surface area (Å²) in [5.41, 5.74) is 4.96. The van der Waals surface area contributed by atoms with Crippen LogP contribution in [0.2, 0.25) is 0 Å². The molecule has 0 radical (unpaired) electrons. The minimum Gasteiger partial charge on any atom is -0.452 e. The minimum atomic E-state index is -0.843. The Hall–Kier alpha value is -2.95. The van der Waals surface area contributed by atoms with Crippen molar-refractivity contribution in [3.63, 3.8) is 0 Å². The number of rotatable bonds is 5. The Balaban J connectivity index is 1.34. The summed E-state index contributed by atoms with van der Waals surface area (Å²) >= 11 is 15.7. The Morgan fingerprint density at radius 2 is 1.53 bits per heavy atom. The highest BCUT2D eigenvalue weighted by molar-refractivity contribution is 9.10. The number of anilines is 1. The Morgan fingerprint density at radius 1 is 0.917 bits per heavy atom. The molecule has 2 fully saturated rings. The number of halogens is 3. The second-order valence-corrected chi connectivity index (χ2v) is 10.4. The third-order valence-corrected chi connectivity index (χ3v) is 7.63. The van der Waals surface area contributed by atoms with Crippen LogP contribution in [-0.2, 0) is 19.1 Å². The first-order chi connectivity index (χ1) is 17.2. The fourth-order valence-electron chi connectivity index (χ4n) is 4.17. The van der Waals surface area contributed by atoms with E-state index in [2.05, 4.69) is 26.8 Å². The molecule has 4 amide bonds. The third-order valence-electron chi connectivity index (χ3n) is 6.01. The number of carbonyl (C=O) groups is 5. The predicted octanol–water partition coefficient (Wildman–Crippen LogP) is 3.18. The normalized spacial score (nSPS) is 23.1. The van der Waals surface area contributed by atoms with E-state index in [9.17, 15) is 24.0 Å². The van der Waals surface area contributed by atoms with Crippen LogP contribution in [0.3, 0.4) is 0 Å². The highest BCUT2D eigenvalue weighted by Crippen LogP contribution is 2.43. The topological polar surface area (TPSA) is 122 Å². The predicted molar refractivity (Wildman–Crippen MR) is 134 cm³/mol. The van der Waals surface area contributed by atoms with Gasteiger partial charge in [-0.25, -0.2) is 4.79 Å². The van der Waals surface area contributed by atoms with E-state index in [1.54, 1.807) is 24.3 Å². The number of imide groups is 1. The van der Waals surface area contributed by atoms with Gasteiger partial charge in [0.15, 0.2) is 6.61 Å². The highest BCUT2D eigenvalue weighted by Gasteiger charge is 2.52. The molecule has 1 saturated heterocycles. The molecule has 0 spiro atoms. The summed E-state index contributed by atoms with van der Waals surface area (Å²) in [7, 11) is 0. The van der Waals surface area contributed by atoms with Crippen LogP contribution < -0.4 is 15.8 Å². The summed E-state index contributed by atoms with van der Waals surface area (Å²) < 4.78 is 5.80. The van der Waals surface area contributed by atoms with Crippen LogP contribution in [0.1, 0.15) is 33.6 Å². The lowest BCUT2D eigenvalue weighted by molar-refractivity contribution is -0.125. The number of hydrazine groups is 1. The number of carbonyl (C=O) groups excluding carboxylic acids is 5. The molecule has 1 saturated carbocycles. The van der Waals surface area contributed by atoms with E-state index in [4.69, 9.17) is 27.9 Å². The van der Waals surface area contributed by atoms with Gasteiger partial charge in [-0.1, -0.05) is 22.0 Å².